The number of rotatable bonds is 3. The standard InChI is InChI=1S/C13H15N5O3S/c1-9-15-16-17-18(9)12-4-2-3-10(7-12)13(19)14-11-5-6-22(20,21)8-11/h2-4,7,11H,5-6,8H2,1H3,(H,14,19). The molecule has 1 aromatic carbocycles. The summed E-state index contributed by atoms with van der Waals surface area (Å²) in [6, 6.07) is 6.54. The number of tetrazole rings is 1. The van der Waals surface area contributed by atoms with Crippen LogP contribution in [0, 0.1) is 6.92 Å². The number of hydrogen-bond acceptors (Lipinski definition) is 6. The van der Waals surface area contributed by atoms with Gasteiger partial charge >= 0.3 is 0 Å². The second kappa shape index (κ2) is 5.48. The molecule has 1 atom stereocenters. The van der Waals surface area contributed by atoms with E-state index in [1.54, 1.807) is 31.2 Å². The van der Waals surface area contributed by atoms with Crippen LogP contribution in [-0.4, -0.2) is 52.1 Å². The van der Waals surface area contributed by atoms with E-state index < -0.39 is 9.84 Å². The zero-order valence-corrected chi connectivity index (χ0v) is 12.7. The Morgan fingerprint density at radius 1 is 1.41 bits per heavy atom. The van der Waals surface area contributed by atoms with Crippen molar-refractivity contribution in [2.45, 2.75) is 19.4 Å². The van der Waals surface area contributed by atoms with Crippen molar-refractivity contribution >= 4 is 15.7 Å². The maximum atomic E-state index is 12.3. The summed E-state index contributed by atoms with van der Waals surface area (Å²) in [5.41, 5.74) is 1.12. The zero-order chi connectivity index (χ0) is 15.7. The van der Waals surface area contributed by atoms with Gasteiger partial charge in [-0.2, -0.15) is 4.68 Å². The van der Waals surface area contributed by atoms with Crippen molar-refractivity contribution in [2.75, 3.05) is 11.5 Å². The number of nitrogens with one attached hydrogen (secondary N) is 1. The number of nitrogens with zero attached hydrogens (tertiary/aromatic N) is 4. The van der Waals surface area contributed by atoms with Crippen LogP contribution in [-0.2, 0) is 9.84 Å². The zero-order valence-electron chi connectivity index (χ0n) is 11.9. The summed E-state index contributed by atoms with van der Waals surface area (Å²) in [7, 11) is -3.02. The number of benzene rings is 1. The molecule has 1 fully saturated rings. The quantitative estimate of drug-likeness (QED) is 0.845. The predicted molar refractivity (Wildman–Crippen MR) is 78.4 cm³/mol. The maximum absolute atomic E-state index is 12.3. The monoisotopic (exact) mass is 321 g/mol. The summed E-state index contributed by atoms with van der Waals surface area (Å²) in [5, 5.41) is 14.0. The molecule has 1 aliphatic rings. The van der Waals surface area contributed by atoms with Gasteiger partial charge in [0, 0.05) is 11.6 Å². The molecule has 8 nitrogen and oxygen atoms in total. The van der Waals surface area contributed by atoms with Gasteiger partial charge in [-0.1, -0.05) is 6.07 Å². The van der Waals surface area contributed by atoms with Crippen LogP contribution >= 0.6 is 0 Å². The van der Waals surface area contributed by atoms with Crippen molar-refractivity contribution in [1.82, 2.24) is 25.5 Å². The van der Waals surface area contributed by atoms with E-state index in [2.05, 4.69) is 20.8 Å². The third kappa shape index (κ3) is 2.98. The first kappa shape index (κ1) is 14.6. The third-order valence-corrected chi connectivity index (χ3v) is 5.31. The van der Waals surface area contributed by atoms with Crippen LogP contribution in [0.5, 0.6) is 0 Å². The summed E-state index contributed by atoms with van der Waals surface area (Å²) in [6.07, 6.45) is 0.458. The molecule has 9 heteroatoms. The fourth-order valence-corrected chi connectivity index (χ4v) is 4.10. The van der Waals surface area contributed by atoms with Gasteiger partial charge < -0.3 is 5.32 Å². The molecule has 1 saturated heterocycles. The van der Waals surface area contributed by atoms with Crippen LogP contribution in [0.2, 0.25) is 0 Å². The lowest BCUT2D eigenvalue weighted by Crippen LogP contribution is -2.35. The van der Waals surface area contributed by atoms with Crippen molar-refractivity contribution in [3.05, 3.63) is 35.7 Å². The van der Waals surface area contributed by atoms with E-state index in [0.717, 1.165) is 0 Å². The lowest BCUT2D eigenvalue weighted by molar-refractivity contribution is 0.0941. The van der Waals surface area contributed by atoms with Crippen molar-refractivity contribution in [2.24, 2.45) is 0 Å². The lowest BCUT2D eigenvalue weighted by atomic mass is 10.1. The molecule has 1 aliphatic heterocycles. The number of hydrogen-bond donors (Lipinski definition) is 1. The molecular formula is C13H15N5O3S. The largest absolute Gasteiger partial charge is 0.348 e. The van der Waals surface area contributed by atoms with Crippen LogP contribution in [0.3, 0.4) is 0 Å². The molecule has 116 valence electrons. The summed E-state index contributed by atoms with van der Waals surface area (Å²) >= 11 is 0. The predicted octanol–water partition coefficient (Wildman–Crippen LogP) is -0.112. The molecule has 22 heavy (non-hydrogen) atoms. The van der Waals surface area contributed by atoms with Gasteiger partial charge in [0.05, 0.1) is 17.2 Å². The molecule has 2 aromatic rings. The van der Waals surface area contributed by atoms with Crippen LogP contribution in [0.1, 0.15) is 22.6 Å². The summed E-state index contributed by atoms with van der Waals surface area (Å²) in [6.45, 7) is 1.76. The fourth-order valence-electron chi connectivity index (χ4n) is 2.43. The SMILES string of the molecule is Cc1nnnn1-c1cccc(C(=O)NC2CCS(=O)(=O)C2)c1. The van der Waals surface area contributed by atoms with Gasteiger partial charge in [0.2, 0.25) is 0 Å². The molecule has 2 heterocycles. The van der Waals surface area contributed by atoms with Gasteiger partial charge in [0.15, 0.2) is 15.7 Å². The van der Waals surface area contributed by atoms with Crippen molar-refractivity contribution in [3.63, 3.8) is 0 Å². The summed E-state index contributed by atoms with van der Waals surface area (Å²) in [4.78, 5) is 12.3. The Kier molecular flexibility index (Phi) is 3.65. The first-order valence-corrected chi connectivity index (χ1v) is 8.63. The molecule has 0 spiro atoms. The topological polar surface area (TPSA) is 107 Å². The van der Waals surface area contributed by atoms with E-state index in [-0.39, 0.29) is 23.5 Å². The Hall–Kier alpha value is -2.29. The Balaban J connectivity index is 1.78. The number of sulfone groups is 1. The van der Waals surface area contributed by atoms with Gasteiger partial charge in [-0.15, -0.1) is 5.10 Å². The molecule has 1 unspecified atom stereocenters. The first-order valence-electron chi connectivity index (χ1n) is 6.81. The van der Waals surface area contributed by atoms with Crippen molar-refractivity contribution in [3.8, 4) is 5.69 Å². The second-order valence-corrected chi connectivity index (χ2v) is 7.49. The van der Waals surface area contributed by atoms with Gasteiger partial charge in [-0.3, -0.25) is 4.79 Å². The van der Waals surface area contributed by atoms with Gasteiger partial charge in [-0.05, 0) is 42.0 Å². The second-order valence-electron chi connectivity index (χ2n) is 5.26. The van der Waals surface area contributed by atoms with E-state index in [0.29, 0.717) is 23.5 Å². The van der Waals surface area contributed by atoms with E-state index in [1.807, 2.05) is 0 Å². The molecule has 0 radical (unpaired) electrons. The minimum Gasteiger partial charge on any atom is -0.348 e. The Morgan fingerprint density at radius 3 is 2.86 bits per heavy atom. The Morgan fingerprint density at radius 2 is 2.23 bits per heavy atom. The molecule has 0 saturated carbocycles. The van der Waals surface area contributed by atoms with E-state index >= 15 is 0 Å². The van der Waals surface area contributed by atoms with Crippen LogP contribution in [0.4, 0.5) is 0 Å². The average Bonchev–Trinajstić information content (AvgIpc) is 3.04. The maximum Gasteiger partial charge on any atom is 0.251 e. The van der Waals surface area contributed by atoms with Gasteiger partial charge in [0.25, 0.3) is 5.91 Å². The molecular weight excluding hydrogens is 306 g/mol. The van der Waals surface area contributed by atoms with Crippen LogP contribution < -0.4 is 5.32 Å². The summed E-state index contributed by atoms with van der Waals surface area (Å²) < 4.78 is 24.4. The first-order chi connectivity index (χ1) is 10.4. The molecule has 1 aromatic heterocycles. The molecule has 0 aliphatic carbocycles. The highest BCUT2D eigenvalue weighted by Gasteiger charge is 2.29. The third-order valence-electron chi connectivity index (χ3n) is 3.55. The highest BCUT2D eigenvalue weighted by atomic mass is 32.2. The highest BCUT2D eigenvalue weighted by Crippen LogP contribution is 2.14. The van der Waals surface area contributed by atoms with Crippen LogP contribution in [0.25, 0.3) is 5.69 Å². The normalized spacial score (nSPS) is 20.0. The molecule has 1 N–H and O–H groups in total. The van der Waals surface area contributed by atoms with E-state index in [1.165, 1.54) is 4.68 Å². The minimum absolute atomic E-state index is 0.00450. The van der Waals surface area contributed by atoms with Gasteiger partial charge in [0.1, 0.15) is 0 Å². The smallest absolute Gasteiger partial charge is 0.251 e. The number of carbonyl (C=O) groups is 1. The highest BCUT2D eigenvalue weighted by molar-refractivity contribution is 7.91. The molecule has 1 amide bonds. The lowest BCUT2D eigenvalue weighted by Gasteiger charge is -2.11. The van der Waals surface area contributed by atoms with Crippen molar-refractivity contribution < 1.29 is 13.2 Å². The molecule has 0 bridgehead atoms. The Labute approximate surface area is 127 Å². The van der Waals surface area contributed by atoms with Crippen LogP contribution in [0.15, 0.2) is 24.3 Å². The van der Waals surface area contributed by atoms with Crippen molar-refractivity contribution in [1.29, 1.82) is 0 Å². The van der Waals surface area contributed by atoms with E-state index in [4.69, 9.17) is 0 Å². The Bertz CT molecular complexity index is 815. The minimum atomic E-state index is -3.02. The fraction of sp³-hybridized carbons (Fsp3) is 0.385. The number of aromatic nitrogens is 4. The summed E-state index contributed by atoms with van der Waals surface area (Å²) in [5.74, 6) is 0.445. The number of carbonyl (C=O) groups excluding carboxylic acids is 1. The average molecular weight is 321 g/mol. The number of aryl methyl sites for hydroxylation is 1. The molecule has 3 rings (SSSR count). The number of amides is 1. The van der Waals surface area contributed by atoms with E-state index in [9.17, 15) is 13.2 Å². The van der Waals surface area contributed by atoms with Gasteiger partial charge in [-0.25, -0.2) is 8.42 Å².